The van der Waals surface area contributed by atoms with Gasteiger partial charge in [-0.15, -0.1) is 0 Å². The lowest BCUT2D eigenvalue weighted by Gasteiger charge is -2.08. The minimum absolute atomic E-state index is 0.00954. The van der Waals surface area contributed by atoms with E-state index in [1.807, 2.05) is 36.4 Å². The second-order valence-corrected chi connectivity index (χ2v) is 6.81. The Bertz CT molecular complexity index is 920. The lowest BCUT2D eigenvalue weighted by Crippen LogP contribution is -2.15. The van der Waals surface area contributed by atoms with Crippen LogP contribution in [0.25, 0.3) is 0 Å². The van der Waals surface area contributed by atoms with E-state index in [9.17, 15) is 9.59 Å². The third-order valence-electron chi connectivity index (χ3n) is 4.42. The zero-order valence-electron chi connectivity index (χ0n) is 17.7. The molecule has 4 nitrogen and oxygen atoms in total. The van der Waals surface area contributed by atoms with Crippen LogP contribution in [0.1, 0.15) is 65.8 Å². The van der Waals surface area contributed by atoms with E-state index in [2.05, 4.69) is 24.1 Å². The average molecular weight is 404 g/mol. The third-order valence-corrected chi connectivity index (χ3v) is 4.42. The summed E-state index contributed by atoms with van der Waals surface area (Å²) in [6.07, 6.45) is 5.74. The average Bonchev–Trinajstić information content (AvgIpc) is 2.77. The lowest BCUT2D eigenvalue weighted by molar-refractivity contribution is 0.0526. The molecule has 0 aliphatic rings. The Morgan fingerprint density at radius 1 is 1.00 bits per heavy atom. The molecule has 0 unspecified atom stereocenters. The van der Waals surface area contributed by atoms with E-state index in [1.165, 1.54) is 0 Å². The fraction of sp³-hybridized carbons (Fsp3) is 0.308. The smallest absolute Gasteiger partial charge is 0.338 e. The van der Waals surface area contributed by atoms with E-state index < -0.39 is 0 Å². The molecule has 2 rings (SSSR count). The summed E-state index contributed by atoms with van der Waals surface area (Å²) in [5.74, 6) is 5.77. The van der Waals surface area contributed by atoms with Gasteiger partial charge in [0, 0.05) is 22.9 Å². The van der Waals surface area contributed by atoms with E-state index in [0.29, 0.717) is 24.3 Å². The van der Waals surface area contributed by atoms with Gasteiger partial charge in [0.15, 0.2) is 5.78 Å². The van der Waals surface area contributed by atoms with Crippen LogP contribution in [-0.4, -0.2) is 24.9 Å². The van der Waals surface area contributed by atoms with E-state index in [1.54, 1.807) is 31.2 Å². The molecule has 0 aliphatic carbocycles. The number of hydrogen-bond acceptors (Lipinski definition) is 4. The maximum atomic E-state index is 12.5. The first kappa shape index (κ1) is 23.0. The van der Waals surface area contributed by atoms with Crippen LogP contribution in [0.4, 0.5) is 0 Å². The molecule has 0 fully saturated rings. The summed E-state index contributed by atoms with van der Waals surface area (Å²) in [7, 11) is 0. The molecule has 0 saturated heterocycles. The van der Waals surface area contributed by atoms with Gasteiger partial charge in [-0.05, 0) is 38.0 Å². The Morgan fingerprint density at radius 3 is 2.50 bits per heavy atom. The van der Waals surface area contributed by atoms with Gasteiger partial charge in [-0.3, -0.25) is 4.79 Å². The van der Waals surface area contributed by atoms with Crippen molar-refractivity contribution in [1.29, 1.82) is 0 Å². The highest BCUT2D eigenvalue weighted by Gasteiger charge is 2.06. The molecule has 0 aliphatic heterocycles. The van der Waals surface area contributed by atoms with Crippen LogP contribution in [0.5, 0.6) is 0 Å². The molecular weight excluding hydrogens is 374 g/mol. The van der Waals surface area contributed by atoms with Crippen molar-refractivity contribution in [2.24, 2.45) is 0 Å². The molecule has 0 heterocycles. The number of ketones is 1. The van der Waals surface area contributed by atoms with E-state index >= 15 is 0 Å². The summed E-state index contributed by atoms with van der Waals surface area (Å²) in [6, 6.07) is 16.3. The Labute approximate surface area is 179 Å². The van der Waals surface area contributed by atoms with Gasteiger partial charge in [-0.1, -0.05) is 68.0 Å². The topological polar surface area (TPSA) is 55.4 Å². The molecule has 0 bridgehead atoms. The van der Waals surface area contributed by atoms with Crippen LogP contribution < -0.4 is 5.32 Å². The van der Waals surface area contributed by atoms with Crippen molar-refractivity contribution in [3.63, 3.8) is 0 Å². The Kier molecular flexibility index (Phi) is 9.96. The standard InChI is InChI=1S/C26H29NO3/c1-3-5-7-17-24(20-25(28)22-14-8-6-9-15-22)27-18-11-13-21-12-10-16-23(19-21)26(29)30-4-2/h6,8-10,12,14-16,19-20,27H,3-5,7,17-18H2,1-2H3/b24-20-. The monoisotopic (exact) mass is 403 g/mol. The number of hydrogen-bond donors (Lipinski definition) is 1. The molecule has 30 heavy (non-hydrogen) atoms. The summed E-state index contributed by atoms with van der Waals surface area (Å²) >= 11 is 0. The van der Waals surface area contributed by atoms with E-state index in [0.717, 1.165) is 36.9 Å². The maximum Gasteiger partial charge on any atom is 0.338 e. The number of allylic oxidation sites excluding steroid dienone is 2. The minimum atomic E-state index is -0.347. The van der Waals surface area contributed by atoms with Crippen molar-refractivity contribution in [2.45, 2.75) is 39.5 Å². The number of ether oxygens (including phenoxy) is 1. The molecule has 0 aromatic heterocycles. The molecule has 0 spiro atoms. The molecule has 0 amide bonds. The van der Waals surface area contributed by atoms with E-state index in [4.69, 9.17) is 4.74 Å². The van der Waals surface area contributed by atoms with Crippen LogP contribution in [0, 0.1) is 11.8 Å². The molecule has 1 N–H and O–H groups in total. The van der Waals surface area contributed by atoms with Gasteiger partial charge in [-0.25, -0.2) is 4.79 Å². The van der Waals surface area contributed by atoms with Crippen molar-refractivity contribution in [1.82, 2.24) is 5.32 Å². The summed E-state index contributed by atoms with van der Waals surface area (Å²) in [5, 5.41) is 3.28. The number of carbonyl (C=O) groups is 2. The zero-order chi connectivity index (χ0) is 21.6. The molecule has 0 radical (unpaired) electrons. The van der Waals surface area contributed by atoms with Crippen molar-refractivity contribution < 1.29 is 14.3 Å². The molecule has 2 aromatic carbocycles. The van der Waals surface area contributed by atoms with Gasteiger partial charge in [-0.2, -0.15) is 0 Å². The summed E-state index contributed by atoms with van der Waals surface area (Å²) in [6.45, 7) is 4.69. The summed E-state index contributed by atoms with van der Waals surface area (Å²) in [4.78, 5) is 24.3. The highest BCUT2D eigenvalue weighted by atomic mass is 16.5. The molecule has 2 aromatic rings. The first-order valence-electron chi connectivity index (χ1n) is 10.4. The first-order chi connectivity index (χ1) is 14.6. The number of esters is 1. The van der Waals surface area contributed by atoms with Gasteiger partial charge in [0.1, 0.15) is 0 Å². The Hall–Kier alpha value is -3.32. The first-order valence-corrected chi connectivity index (χ1v) is 10.4. The quantitative estimate of drug-likeness (QED) is 0.196. The van der Waals surface area contributed by atoms with Gasteiger partial charge >= 0.3 is 5.97 Å². The molecule has 0 saturated carbocycles. The number of rotatable bonds is 10. The van der Waals surface area contributed by atoms with Crippen molar-refractivity contribution in [3.05, 3.63) is 83.1 Å². The van der Waals surface area contributed by atoms with Crippen LogP contribution in [0.2, 0.25) is 0 Å². The van der Waals surface area contributed by atoms with Crippen LogP contribution in [-0.2, 0) is 4.74 Å². The fourth-order valence-corrected chi connectivity index (χ4v) is 2.86. The number of benzene rings is 2. The van der Waals surface area contributed by atoms with Gasteiger partial charge in [0.25, 0.3) is 0 Å². The predicted molar refractivity (Wildman–Crippen MR) is 120 cm³/mol. The number of nitrogens with one attached hydrogen (secondary N) is 1. The van der Waals surface area contributed by atoms with E-state index in [-0.39, 0.29) is 11.8 Å². The second-order valence-electron chi connectivity index (χ2n) is 6.81. The normalized spacial score (nSPS) is 10.7. The summed E-state index contributed by atoms with van der Waals surface area (Å²) < 4.78 is 5.02. The Morgan fingerprint density at radius 2 is 1.77 bits per heavy atom. The SMILES string of the molecule is CCCCC/C(=C/C(=O)c1ccccc1)NCC#Cc1cccc(C(=O)OCC)c1. The summed E-state index contributed by atoms with van der Waals surface area (Å²) in [5.41, 5.74) is 2.81. The molecule has 4 heteroatoms. The van der Waals surface area contributed by atoms with Crippen LogP contribution >= 0.6 is 0 Å². The maximum absolute atomic E-state index is 12.5. The molecular formula is C26H29NO3. The third kappa shape index (κ3) is 7.97. The van der Waals surface area contributed by atoms with Gasteiger partial charge in [0.2, 0.25) is 0 Å². The Balaban J connectivity index is 2.02. The van der Waals surface area contributed by atoms with Gasteiger partial charge in [0.05, 0.1) is 18.7 Å². The fourth-order valence-electron chi connectivity index (χ4n) is 2.86. The zero-order valence-corrected chi connectivity index (χ0v) is 17.7. The lowest BCUT2D eigenvalue weighted by atomic mass is 10.1. The van der Waals surface area contributed by atoms with Crippen LogP contribution in [0.15, 0.2) is 66.4 Å². The van der Waals surface area contributed by atoms with Gasteiger partial charge < -0.3 is 10.1 Å². The highest BCUT2D eigenvalue weighted by molar-refractivity contribution is 6.04. The number of carbonyl (C=O) groups excluding carboxylic acids is 2. The van der Waals surface area contributed by atoms with Crippen molar-refractivity contribution in [3.8, 4) is 11.8 Å². The van der Waals surface area contributed by atoms with Crippen LogP contribution in [0.3, 0.4) is 0 Å². The predicted octanol–water partition coefficient (Wildman–Crippen LogP) is 5.15. The largest absolute Gasteiger partial charge is 0.462 e. The van der Waals surface area contributed by atoms with Crippen molar-refractivity contribution in [2.75, 3.05) is 13.2 Å². The minimum Gasteiger partial charge on any atom is -0.462 e. The second kappa shape index (κ2) is 13.0. The highest BCUT2D eigenvalue weighted by Crippen LogP contribution is 2.10. The molecule has 0 atom stereocenters. The number of unbranched alkanes of at least 4 members (excludes halogenated alkanes) is 2. The molecule has 156 valence electrons. The van der Waals surface area contributed by atoms with Crippen molar-refractivity contribution >= 4 is 11.8 Å².